The van der Waals surface area contributed by atoms with Crippen LogP contribution in [0.15, 0.2) is 78.9 Å². The molecule has 1 saturated heterocycles. The summed E-state index contributed by atoms with van der Waals surface area (Å²) in [7, 11) is 0. The van der Waals surface area contributed by atoms with Crippen molar-refractivity contribution in [1.29, 1.82) is 0 Å². The Labute approximate surface area is 223 Å². The third-order valence-corrected chi connectivity index (χ3v) is 9.07. The molecule has 3 aromatic rings. The lowest BCUT2D eigenvalue weighted by Gasteiger charge is -2.54. The summed E-state index contributed by atoms with van der Waals surface area (Å²) in [6.45, 7) is 0.901. The topological polar surface area (TPSA) is 80.8 Å². The maximum Gasteiger partial charge on any atom is 0.329 e. The highest BCUT2D eigenvalue weighted by Gasteiger charge is 2.73. The number of alkyl halides is 2. The minimum absolute atomic E-state index is 0.391. The highest BCUT2D eigenvalue weighted by Crippen LogP contribution is 2.69. The van der Waals surface area contributed by atoms with Crippen LogP contribution in [0.25, 0.3) is 0 Å². The minimum Gasteiger partial charge on any atom is -0.456 e. The standard InChI is InChI=1S/C29H21Cl2NO5/c1-16(27(36)37-15-22(33)17-9-3-2-4-10-17)32-25(34)23-24(26(32)35)29(31)19-12-6-5-11-18(19)28(23,30)20-13-7-8-14-21(20)29/h2-14,16,23-24H,15H2,1H3/t16-,23-,24+,28?,29?/m1/s1. The van der Waals surface area contributed by atoms with Gasteiger partial charge in [0.15, 0.2) is 12.4 Å². The lowest BCUT2D eigenvalue weighted by molar-refractivity contribution is -0.157. The average Bonchev–Trinajstić information content (AvgIpc) is 3.21. The van der Waals surface area contributed by atoms with Gasteiger partial charge in [-0.15, -0.1) is 23.2 Å². The molecule has 3 atom stereocenters. The fourth-order valence-corrected chi connectivity index (χ4v) is 7.24. The van der Waals surface area contributed by atoms with Crippen LogP contribution in [-0.2, 0) is 28.9 Å². The van der Waals surface area contributed by atoms with E-state index in [1.54, 1.807) is 30.3 Å². The number of Topliss-reactive ketones (excluding diaryl/α,β-unsaturated/α-hetero) is 1. The largest absolute Gasteiger partial charge is 0.456 e. The summed E-state index contributed by atoms with van der Waals surface area (Å²) >= 11 is 14.8. The molecule has 3 aliphatic carbocycles. The van der Waals surface area contributed by atoms with Gasteiger partial charge in [0.25, 0.3) is 0 Å². The number of carbonyl (C=O) groups is 4. The average molecular weight is 534 g/mol. The van der Waals surface area contributed by atoms with Gasteiger partial charge in [0.1, 0.15) is 15.8 Å². The first-order valence-corrected chi connectivity index (χ1v) is 12.7. The molecule has 6 nitrogen and oxygen atoms in total. The summed E-state index contributed by atoms with van der Waals surface area (Å²) in [6, 6.07) is 21.8. The SMILES string of the molecule is C[C@H](C(=O)OCC(=O)c1ccccc1)N1C(=O)[C@@H]2[C@H](C1=O)C1(Cl)c3ccccc3C2(Cl)c2ccccc21. The van der Waals surface area contributed by atoms with Crippen LogP contribution < -0.4 is 0 Å². The number of ether oxygens (including phenoxy) is 1. The predicted octanol–water partition coefficient (Wildman–Crippen LogP) is 4.39. The number of esters is 1. The molecule has 0 unspecified atom stereocenters. The first-order valence-electron chi connectivity index (χ1n) is 11.9. The first kappa shape index (κ1) is 23.9. The Morgan fingerprint density at radius 3 is 1.62 bits per heavy atom. The number of halogens is 2. The molecule has 186 valence electrons. The number of nitrogens with zero attached hydrogens (tertiary/aromatic N) is 1. The zero-order valence-electron chi connectivity index (χ0n) is 19.7. The second-order valence-corrected chi connectivity index (χ2v) is 10.8. The molecule has 1 fully saturated rings. The molecule has 0 spiro atoms. The lowest BCUT2D eigenvalue weighted by atomic mass is 9.54. The number of rotatable bonds is 5. The molecule has 1 aliphatic heterocycles. The maximum atomic E-state index is 13.9. The Bertz CT molecular complexity index is 1360. The molecular formula is C29H21Cl2NO5. The molecule has 0 aromatic heterocycles. The van der Waals surface area contributed by atoms with Crippen molar-refractivity contribution < 1.29 is 23.9 Å². The van der Waals surface area contributed by atoms with E-state index >= 15 is 0 Å². The first-order chi connectivity index (χ1) is 17.7. The molecule has 7 rings (SSSR count). The zero-order valence-corrected chi connectivity index (χ0v) is 21.2. The zero-order chi connectivity index (χ0) is 26.1. The van der Waals surface area contributed by atoms with E-state index in [4.69, 9.17) is 27.9 Å². The highest BCUT2D eigenvalue weighted by atomic mass is 35.5. The molecule has 0 N–H and O–H groups in total. The van der Waals surface area contributed by atoms with E-state index in [0.29, 0.717) is 27.8 Å². The Morgan fingerprint density at radius 1 is 0.784 bits per heavy atom. The Hall–Kier alpha value is -3.48. The highest BCUT2D eigenvalue weighted by molar-refractivity contribution is 6.36. The van der Waals surface area contributed by atoms with E-state index in [1.807, 2.05) is 48.5 Å². The van der Waals surface area contributed by atoms with Gasteiger partial charge < -0.3 is 4.74 Å². The molecule has 0 saturated carbocycles. The number of likely N-dealkylation sites (tertiary alicyclic amines) is 1. The van der Waals surface area contributed by atoms with Crippen LogP contribution in [0.3, 0.4) is 0 Å². The van der Waals surface area contributed by atoms with E-state index < -0.39 is 57.8 Å². The summed E-state index contributed by atoms with van der Waals surface area (Å²) in [5, 5.41) is 0. The summed E-state index contributed by atoms with van der Waals surface area (Å²) in [4.78, 5) is 51.4. The van der Waals surface area contributed by atoms with Crippen LogP contribution in [-0.4, -0.2) is 41.1 Å². The predicted molar refractivity (Wildman–Crippen MR) is 136 cm³/mol. The van der Waals surface area contributed by atoms with Crippen molar-refractivity contribution in [3.05, 3.63) is 107 Å². The van der Waals surface area contributed by atoms with E-state index in [2.05, 4.69) is 0 Å². The maximum absolute atomic E-state index is 13.9. The molecule has 4 aliphatic rings. The van der Waals surface area contributed by atoms with Crippen LogP contribution in [0.5, 0.6) is 0 Å². The van der Waals surface area contributed by atoms with E-state index in [0.717, 1.165) is 4.90 Å². The van der Waals surface area contributed by atoms with Gasteiger partial charge in [-0.1, -0.05) is 78.9 Å². The van der Waals surface area contributed by atoms with Crippen LogP contribution in [0.4, 0.5) is 0 Å². The van der Waals surface area contributed by atoms with Gasteiger partial charge in [-0.3, -0.25) is 19.3 Å². The molecule has 0 radical (unpaired) electrons. The van der Waals surface area contributed by atoms with Gasteiger partial charge >= 0.3 is 5.97 Å². The fourth-order valence-electron chi connectivity index (χ4n) is 6.14. The number of benzene rings is 3. The molecule has 3 aromatic carbocycles. The minimum atomic E-state index is -1.33. The van der Waals surface area contributed by atoms with Crippen molar-refractivity contribution in [2.24, 2.45) is 11.8 Å². The third-order valence-electron chi connectivity index (χ3n) is 7.79. The molecule has 8 heteroatoms. The monoisotopic (exact) mass is 533 g/mol. The lowest BCUT2D eigenvalue weighted by Crippen LogP contribution is -2.57. The fraction of sp³-hybridized carbons (Fsp3) is 0.241. The van der Waals surface area contributed by atoms with Crippen molar-refractivity contribution in [2.45, 2.75) is 22.7 Å². The van der Waals surface area contributed by atoms with Gasteiger partial charge in [-0.2, -0.15) is 0 Å². The van der Waals surface area contributed by atoms with Crippen molar-refractivity contribution in [3.8, 4) is 0 Å². The second kappa shape index (κ2) is 8.27. The molecule has 37 heavy (non-hydrogen) atoms. The van der Waals surface area contributed by atoms with Gasteiger partial charge in [0.05, 0.1) is 11.8 Å². The Kier molecular flexibility index (Phi) is 5.34. The van der Waals surface area contributed by atoms with Crippen LogP contribution in [0, 0.1) is 11.8 Å². The summed E-state index contributed by atoms with van der Waals surface area (Å²) in [5.74, 6) is -4.44. The number of amides is 2. The second-order valence-electron chi connectivity index (χ2n) is 9.59. The Morgan fingerprint density at radius 2 is 1.19 bits per heavy atom. The van der Waals surface area contributed by atoms with Crippen molar-refractivity contribution in [1.82, 2.24) is 4.90 Å². The van der Waals surface area contributed by atoms with Crippen molar-refractivity contribution >= 4 is 46.8 Å². The molecule has 2 bridgehead atoms. The van der Waals surface area contributed by atoms with Crippen LogP contribution >= 0.6 is 23.2 Å². The van der Waals surface area contributed by atoms with Gasteiger partial charge in [-0.05, 0) is 29.2 Å². The molecule has 1 heterocycles. The third kappa shape index (κ3) is 3.06. The Balaban J connectivity index is 1.35. The van der Waals surface area contributed by atoms with Gasteiger partial charge in [-0.25, -0.2) is 4.79 Å². The van der Waals surface area contributed by atoms with Crippen LogP contribution in [0.2, 0.25) is 0 Å². The van der Waals surface area contributed by atoms with E-state index in [9.17, 15) is 19.2 Å². The summed E-state index contributed by atoms with van der Waals surface area (Å²) in [6.07, 6.45) is 0. The number of ketones is 1. The normalized spacial score (nSPS) is 27.8. The van der Waals surface area contributed by atoms with Crippen molar-refractivity contribution in [3.63, 3.8) is 0 Å². The number of imide groups is 1. The number of carbonyl (C=O) groups excluding carboxylic acids is 4. The summed E-state index contributed by atoms with van der Waals surface area (Å²) < 4.78 is 5.23. The molecular weight excluding hydrogens is 513 g/mol. The van der Waals surface area contributed by atoms with E-state index in [1.165, 1.54) is 6.92 Å². The quantitative estimate of drug-likeness (QED) is 0.210. The van der Waals surface area contributed by atoms with E-state index in [-0.39, 0.29) is 0 Å². The number of hydrogen-bond donors (Lipinski definition) is 0. The molecule has 2 amide bonds. The van der Waals surface area contributed by atoms with Gasteiger partial charge in [0.2, 0.25) is 11.8 Å². The van der Waals surface area contributed by atoms with Crippen LogP contribution in [0.1, 0.15) is 39.5 Å². The van der Waals surface area contributed by atoms with Crippen molar-refractivity contribution in [2.75, 3.05) is 6.61 Å². The number of hydrogen-bond acceptors (Lipinski definition) is 5. The summed E-state index contributed by atoms with van der Waals surface area (Å²) in [5.41, 5.74) is 3.11. The smallest absolute Gasteiger partial charge is 0.329 e. The van der Waals surface area contributed by atoms with Gasteiger partial charge in [0, 0.05) is 5.56 Å².